The van der Waals surface area contributed by atoms with Crippen molar-refractivity contribution in [3.05, 3.63) is 11.3 Å². The zero-order chi connectivity index (χ0) is 9.68. The molecule has 74 valence electrons. The van der Waals surface area contributed by atoms with Crippen molar-refractivity contribution < 1.29 is 9.90 Å². The topological polar surface area (TPSA) is 61.4 Å². The number of hydrogen-bond acceptors (Lipinski definition) is 3. The Kier molecular flexibility index (Phi) is 3.76. The molecule has 0 aliphatic heterocycles. The SMILES string of the molecule is CNNC1=C(CC(=O)O)CCCC1. The van der Waals surface area contributed by atoms with Crippen molar-refractivity contribution >= 4 is 5.97 Å². The molecule has 0 aromatic heterocycles. The molecule has 13 heavy (non-hydrogen) atoms. The Bertz CT molecular complexity index is 224. The highest BCUT2D eigenvalue weighted by atomic mass is 16.4. The van der Waals surface area contributed by atoms with Crippen molar-refractivity contribution in [1.82, 2.24) is 10.9 Å². The van der Waals surface area contributed by atoms with E-state index in [2.05, 4.69) is 10.9 Å². The predicted octanol–water partition coefficient (Wildman–Crippen LogP) is 1.01. The van der Waals surface area contributed by atoms with E-state index >= 15 is 0 Å². The number of nitrogens with one attached hydrogen (secondary N) is 2. The Balaban J connectivity index is 2.64. The monoisotopic (exact) mass is 184 g/mol. The van der Waals surface area contributed by atoms with E-state index in [1.54, 1.807) is 7.05 Å². The first-order valence-electron chi connectivity index (χ1n) is 4.59. The van der Waals surface area contributed by atoms with E-state index in [0.29, 0.717) is 0 Å². The molecule has 0 aromatic carbocycles. The minimum absolute atomic E-state index is 0.171. The van der Waals surface area contributed by atoms with Crippen molar-refractivity contribution in [1.29, 1.82) is 0 Å². The molecule has 1 aliphatic carbocycles. The van der Waals surface area contributed by atoms with E-state index in [-0.39, 0.29) is 6.42 Å². The summed E-state index contributed by atoms with van der Waals surface area (Å²) in [6.45, 7) is 0. The normalized spacial score (nSPS) is 17.3. The number of carboxylic acids is 1. The molecule has 1 rings (SSSR count). The zero-order valence-corrected chi connectivity index (χ0v) is 7.89. The molecule has 0 saturated carbocycles. The van der Waals surface area contributed by atoms with Crippen LogP contribution < -0.4 is 10.9 Å². The fraction of sp³-hybridized carbons (Fsp3) is 0.667. The molecular weight excluding hydrogens is 168 g/mol. The first kappa shape index (κ1) is 10.1. The Hall–Kier alpha value is -1.03. The Morgan fingerprint density at radius 1 is 1.46 bits per heavy atom. The lowest BCUT2D eigenvalue weighted by atomic mass is 9.94. The number of hydrogen-bond donors (Lipinski definition) is 3. The standard InChI is InChI=1S/C9H16N2O2/c1-10-11-8-5-3-2-4-7(8)6-9(12)13/h10-11H,2-6H2,1H3,(H,12,13). The minimum atomic E-state index is -0.743. The van der Waals surface area contributed by atoms with Crippen LogP contribution in [0.25, 0.3) is 0 Å². The van der Waals surface area contributed by atoms with E-state index < -0.39 is 5.97 Å². The maximum absolute atomic E-state index is 10.5. The highest BCUT2D eigenvalue weighted by Crippen LogP contribution is 2.24. The van der Waals surface area contributed by atoms with Gasteiger partial charge in [0.15, 0.2) is 0 Å². The second-order valence-corrected chi connectivity index (χ2v) is 3.23. The van der Waals surface area contributed by atoms with Crippen molar-refractivity contribution in [3.8, 4) is 0 Å². The molecule has 0 heterocycles. The van der Waals surface area contributed by atoms with Crippen LogP contribution in [0.15, 0.2) is 11.3 Å². The highest BCUT2D eigenvalue weighted by molar-refractivity contribution is 5.70. The maximum atomic E-state index is 10.5. The molecule has 0 saturated heterocycles. The van der Waals surface area contributed by atoms with Crippen LogP contribution in [0.1, 0.15) is 32.1 Å². The lowest BCUT2D eigenvalue weighted by Gasteiger charge is -2.20. The average Bonchev–Trinajstić information content (AvgIpc) is 2.08. The fourth-order valence-corrected chi connectivity index (χ4v) is 1.65. The van der Waals surface area contributed by atoms with Gasteiger partial charge in [0, 0.05) is 12.7 Å². The average molecular weight is 184 g/mol. The summed E-state index contributed by atoms with van der Waals surface area (Å²) >= 11 is 0. The molecule has 0 bridgehead atoms. The van der Waals surface area contributed by atoms with Gasteiger partial charge in [-0.1, -0.05) is 0 Å². The Morgan fingerprint density at radius 3 is 2.77 bits per heavy atom. The van der Waals surface area contributed by atoms with Gasteiger partial charge in [-0.15, -0.1) is 0 Å². The Labute approximate surface area is 78.0 Å². The molecule has 4 heteroatoms. The van der Waals surface area contributed by atoms with Gasteiger partial charge in [0.05, 0.1) is 6.42 Å². The summed E-state index contributed by atoms with van der Waals surface area (Å²) in [5.41, 5.74) is 7.95. The van der Waals surface area contributed by atoms with Crippen LogP contribution in [0.2, 0.25) is 0 Å². The first-order chi connectivity index (χ1) is 6.24. The van der Waals surface area contributed by atoms with E-state index in [4.69, 9.17) is 5.11 Å². The molecule has 0 unspecified atom stereocenters. The molecule has 0 spiro atoms. The molecule has 0 fully saturated rings. The second kappa shape index (κ2) is 4.87. The lowest BCUT2D eigenvalue weighted by molar-refractivity contribution is -0.136. The van der Waals surface area contributed by atoms with Gasteiger partial charge in [-0.05, 0) is 31.3 Å². The van der Waals surface area contributed by atoms with Crippen molar-refractivity contribution in [2.45, 2.75) is 32.1 Å². The van der Waals surface area contributed by atoms with E-state index in [9.17, 15) is 4.79 Å². The third kappa shape index (κ3) is 3.06. The van der Waals surface area contributed by atoms with Crippen LogP contribution >= 0.6 is 0 Å². The van der Waals surface area contributed by atoms with Crippen LogP contribution in [0.4, 0.5) is 0 Å². The van der Waals surface area contributed by atoms with Crippen LogP contribution in [0, 0.1) is 0 Å². The molecular formula is C9H16N2O2. The molecule has 0 amide bonds. The van der Waals surface area contributed by atoms with Gasteiger partial charge < -0.3 is 10.5 Å². The van der Waals surface area contributed by atoms with E-state index in [0.717, 1.165) is 37.0 Å². The maximum Gasteiger partial charge on any atom is 0.307 e. The first-order valence-corrected chi connectivity index (χ1v) is 4.59. The number of aliphatic carboxylic acids is 1. The third-order valence-corrected chi connectivity index (χ3v) is 2.22. The van der Waals surface area contributed by atoms with E-state index in [1.165, 1.54) is 0 Å². The van der Waals surface area contributed by atoms with Gasteiger partial charge in [-0.2, -0.15) is 0 Å². The minimum Gasteiger partial charge on any atom is -0.481 e. The summed E-state index contributed by atoms with van der Waals surface area (Å²) in [6, 6.07) is 0. The number of carboxylic acid groups (broad SMARTS) is 1. The lowest BCUT2D eigenvalue weighted by Crippen LogP contribution is -2.29. The van der Waals surface area contributed by atoms with Crippen LogP contribution in [0.3, 0.4) is 0 Å². The summed E-state index contributed by atoms with van der Waals surface area (Å²) in [7, 11) is 1.79. The van der Waals surface area contributed by atoms with Crippen LogP contribution in [-0.2, 0) is 4.79 Å². The smallest absolute Gasteiger partial charge is 0.307 e. The summed E-state index contributed by atoms with van der Waals surface area (Å²) < 4.78 is 0. The van der Waals surface area contributed by atoms with Gasteiger partial charge in [0.1, 0.15) is 0 Å². The summed E-state index contributed by atoms with van der Waals surface area (Å²) in [5, 5.41) is 8.67. The van der Waals surface area contributed by atoms with Gasteiger partial charge >= 0.3 is 5.97 Å². The number of carbonyl (C=O) groups is 1. The molecule has 3 N–H and O–H groups in total. The fourth-order valence-electron chi connectivity index (χ4n) is 1.65. The summed E-state index contributed by atoms with van der Waals surface area (Å²) in [5.74, 6) is -0.743. The van der Waals surface area contributed by atoms with Gasteiger partial charge in [-0.3, -0.25) is 4.79 Å². The Morgan fingerprint density at radius 2 is 2.15 bits per heavy atom. The molecule has 1 aliphatic rings. The predicted molar refractivity (Wildman–Crippen MR) is 49.9 cm³/mol. The quantitative estimate of drug-likeness (QED) is 0.571. The van der Waals surface area contributed by atoms with E-state index in [1.807, 2.05) is 0 Å². The van der Waals surface area contributed by atoms with Crippen LogP contribution in [-0.4, -0.2) is 18.1 Å². The van der Waals surface area contributed by atoms with Crippen molar-refractivity contribution in [3.63, 3.8) is 0 Å². The molecule has 4 nitrogen and oxygen atoms in total. The molecule has 0 atom stereocenters. The number of rotatable bonds is 4. The highest BCUT2D eigenvalue weighted by Gasteiger charge is 2.14. The summed E-state index contributed by atoms with van der Waals surface area (Å²) in [4.78, 5) is 10.5. The van der Waals surface area contributed by atoms with Crippen LogP contribution in [0.5, 0.6) is 0 Å². The third-order valence-electron chi connectivity index (χ3n) is 2.22. The number of hydrazine groups is 1. The number of allylic oxidation sites excluding steroid dienone is 1. The van der Waals surface area contributed by atoms with Gasteiger partial charge in [0.25, 0.3) is 0 Å². The summed E-state index contributed by atoms with van der Waals surface area (Å²) in [6.07, 6.45) is 4.30. The van der Waals surface area contributed by atoms with Gasteiger partial charge in [-0.25, -0.2) is 5.43 Å². The molecule has 0 radical (unpaired) electrons. The largest absolute Gasteiger partial charge is 0.481 e. The van der Waals surface area contributed by atoms with Crippen molar-refractivity contribution in [2.24, 2.45) is 0 Å². The van der Waals surface area contributed by atoms with Crippen molar-refractivity contribution in [2.75, 3.05) is 7.05 Å². The molecule has 0 aromatic rings. The second-order valence-electron chi connectivity index (χ2n) is 3.23. The zero-order valence-electron chi connectivity index (χ0n) is 7.89. The van der Waals surface area contributed by atoms with Gasteiger partial charge in [0.2, 0.25) is 0 Å².